The first-order valence-corrected chi connectivity index (χ1v) is 15.9. The van der Waals surface area contributed by atoms with E-state index in [0.717, 1.165) is 44.6 Å². The first kappa shape index (κ1) is 29.9. The van der Waals surface area contributed by atoms with Gasteiger partial charge in [0, 0.05) is 30.2 Å². The number of furan rings is 1. The van der Waals surface area contributed by atoms with E-state index in [1.54, 1.807) is 24.3 Å². The number of ether oxygens (including phenoxy) is 1. The molecule has 0 fully saturated rings. The Bertz CT molecular complexity index is 1270. The molecule has 0 radical (unpaired) electrons. The van der Waals surface area contributed by atoms with Crippen molar-refractivity contribution in [2.45, 2.75) is 77.0 Å². The number of aryl methyl sites for hydroxylation is 1. The maximum atomic E-state index is 13.6. The van der Waals surface area contributed by atoms with E-state index < -0.39 is 9.84 Å². The van der Waals surface area contributed by atoms with Gasteiger partial charge < -0.3 is 14.1 Å². The van der Waals surface area contributed by atoms with Gasteiger partial charge >= 0.3 is 0 Å². The maximum Gasteiger partial charge on any atom is 0.197 e. The van der Waals surface area contributed by atoms with Crippen LogP contribution in [0.4, 0.5) is 0 Å². The van der Waals surface area contributed by atoms with Crippen LogP contribution in [0, 0.1) is 0 Å². The SMILES string of the molecule is CCCCc1oc2ccc(S(C)(=O)=O)cc2c1C(=O)c1ccc(OCCCN(CCCC)CCCC)cc1. The van der Waals surface area contributed by atoms with Crippen LogP contribution in [0.1, 0.15) is 87.4 Å². The normalized spacial score (nSPS) is 11.9. The Hall–Kier alpha value is -2.64. The van der Waals surface area contributed by atoms with Crippen LogP contribution in [0.25, 0.3) is 11.0 Å². The lowest BCUT2D eigenvalue weighted by Gasteiger charge is -2.21. The number of nitrogens with zero attached hydrogens (tertiary/aromatic N) is 1. The molecule has 0 unspecified atom stereocenters. The third-order valence-corrected chi connectivity index (χ3v) is 7.91. The number of rotatable bonds is 17. The monoisotopic (exact) mass is 541 g/mol. The van der Waals surface area contributed by atoms with Crippen LogP contribution in [0.3, 0.4) is 0 Å². The summed E-state index contributed by atoms with van der Waals surface area (Å²) in [5.74, 6) is 1.17. The number of hydrogen-bond acceptors (Lipinski definition) is 6. The van der Waals surface area contributed by atoms with E-state index in [9.17, 15) is 13.2 Å². The molecule has 0 atom stereocenters. The molecule has 0 spiro atoms. The Balaban J connectivity index is 1.72. The van der Waals surface area contributed by atoms with Gasteiger partial charge in [-0.1, -0.05) is 40.0 Å². The van der Waals surface area contributed by atoms with Crippen LogP contribution in [-0.2, 0) is 16.3 Å². The van der Waals surface area contributed by atoms with Crippen molar-refractivity contribution in [1.82, 2.24) is 4.90 Å². The van der Waals surface area contributed by atoms with Crippen LogP contribution in [0.5, 0.6) is 5.75 Å². The van der Waals surface area contributed by atoms with Gasteiger partial charge in [-0.25, -0.2) is 8.42 Å². The number of carbonyl (C=O) groups excluding carboxylic acids is 1. The predicted molar refractivity (Wildman–Crippen MR) is 154 cm³/mol. The highest BCUT2D eigenvalue weighted by Crippen LogP contribution is 2.31. The number of hydrogen-bond donors (Lipinski definition) is 0. The Morgan fingerprint density at radius 2 is 1.50 bits per heavy atom. The van der Waals surface area contributed by atoms with E-state index in [1.807, 2.05) is 12.1 Å². The fourth-order valence-electron chi connectivity index (χ4n) is 4.54. The van der Waals surface area contributed by atoms with Gasteiger partial charge in [0.05, 0.1) is 17.1 Å². The lowest BCUT2D eigenvalue weighted by Crippen LogP contribution is -2.28. The maximum absolute atomic E-state index is 13.6. The summed E-state index contributed by atoms with van der Waals surface area (Å²) in [6.45, 7) is 10.5. The van der Waals surface area contributed by atoms with Crippen molar-refractivity contribution >= 4 is 26.6 Å². The highest BCUT2D eigenvalue weighted by atomic mass is 32.2. The molecule has 0 N–H and O–H groups in total. The number of sulfone groups is 1. The first-order valence-electron chi connectivity index (χ1n) is 14.0. The van der Waals surface area contributed by atoms with Crippen LogP contribution in [0.15, 0.2) is 51.8 Å². The zero-order valence-corrected chi connectivity index (χ0v) is 24.2. The van der Waals surface area contributed by atoms with Crippen molar-refractivity contribution in [1.29, 1.82) is 0 Å². The minimum Gasteiger partial charge on any atom is -0.494 e. The zero-order chi connectivity index (χ0) is 27.5. The molecule has 38 heavy (non-hydrogen) atoms. The van der Waals surface area contributed by atoms with E-state index in [0.29, 0.717) is 40.9 Å². The number of benzene rings is 2. The third kappa shape index (κ3) is 8.18. The lowest BCUT2D eigenvalue weighted by atomic mass is 9.98. The van der Waals surface area contributed by atoms with Crippen LogP contribution >= 0.6 is 0 Å². The fraction of sp³-hybridized carbons (Fsp3) is 0.516. The fourth-order valence-corrected chi connectivity index (χ4v) is 5.19. The van der Waals surface area contributed by atoms with Gasteiger partial charge in [0.15, 0.2) is 15.6 Å². The highest BCUT2D eigenvalue weighted by Gasteiger charge is 2.23. The number of unbranched alkanes of at least 4 members (excludes halogenated alkanes) is 3. The molecule has 1 heterocycles. The molecule has 0 saturated heterocycles. The van der Waals surface area contributed by atoms with Crippen molar-refractivity contribution in [3.8, 4) is 5.75 Å². The molecule has 0 aliphatic heterocycles. The summed E-state index contributed by atoms with van der Waals surface area (Å²) in [7, 11) is -3.41. The molecule has 0 saturated carbocycles. The van der Waals surface area contributed by atoms with Gasteiger partial charge in [-0.15, -0.1) is 0 Å². The van der Waals surface area contributed by atoms with Crippen LogP contribution in [0.2, 0.25) is 0 Å². The van der Waals surface area contributed by atoms with Gasteiger partial charge in [0.1, 0.15) is 17.1 Å². The zero-order valence-electron chi connectivity index (χ0n) is 23.4. The predicted octanol–water partition coefficient (Wildman–Crippen LogP) is 7.08. The summed E-state index contributed by atoms with van der Waals surface area (Å²) in [6, 6.07) is 11.9. The summed E-state index contributed by atoms with van der Waals surface area (Å²) < 4.78 is 36.3. The summed E-state index contributed by atoms with van der Waals surface area (Å²) in [4.78, 5) is 16.3. The second-order valence-corrected chi connectivity index (χ2v) is 12.1. The van der Waals surface area contributed by atoms with Gasteiger partial charge in [-0.3, -0.25) is 4.79 Å². The molecule has 2 aromatic carbocycles. The first-order chi connectivity index (χ1) is 18.3. The number of ketones is 1. The largest absolute Gasteiger partial charge is 0.494 e. The highest BCUT2D eigenvalue weighted by molar-refractivity contribution is 7.90. The van der Waals surface area contributed by atoms with E-state index in [-0.39, 0.29) is 10.7 Å². The minimum atomic E-state index is -3.41. The summed E-state index contributed by atoms with van der Waals surface area (Å²) in [5.41, 5.74) is 1.50. The molecular weight excluding hydrogens is 498 g/mol. The molecule has 208 valence electrons. The van der Waals surface area contributed by atoms with E-state index in [4.69, 9.17) is 9.15 Å². The molecule has 0 bridgehead atoms. The van der Waals surface area contributed by atoms with Crippen molar-refractivity contribution in [3.63, 3.8) is 0 Å². The van der Waals surface area contributed by atoms with Crippen LogP contribution in [-0.4, -0.2) is 51.6 Å². The molecule has 6 nitrogen and oxygen atoms in total. The Morgan fingerprint density at radius 3 is 2.11 bits per heavy atom. The van der Waals surface area contributed by atoms with Crippen molar-refractivity contribution in [3.05, 3.63) is 59.4 Å². The average Bonchev–Trinajstić information content (AvgIpc) is 3.28. The molecule has 7 heteroatoms. The summed E-state index contributed by atoms with van der Waals surface area (Å²) >= 11 is 0. The smallest absolute Gasteiger partial charge is 0.197 e. The van der Waals surface area contributed by atoms with E-state index >= 15 is 0 Å². The topological polar surface area (TPSA) is 76.8 Å². The molecule has 0 aliphatic rings. The van der Waals surface area contributed by atoms with Crippen molar-refractivity contribution < 1.29 is 22.4 Å². The van der Waals surface area contributed by atoms with Gasteiger partial charge in [-0.2, -0.15) is 0 Å². The third-order valence-electron chi connectivity index (χ3n) is 6.80. The van der Waals surface area contributed by atoms with Crippen LogP contribution < -0.4 is 4.74 Å². The standard InChI is InChI=1S/C31H43NO5S/c1-5-8-12-29-30(27-23-26(38(4,34)35)17-18-28(27)37-29)31(33)24-13-15-25(16-14-24)36-22-11-21-32(19-9-6-2)20-10-7-3/h13-18,23H,5-12,19-22H2,1-4H3. The second-order valence-electron chi connectivity index (χ2n) is 10.0. The van der Waals surface area contributed by atoms with Gasteiger partial charge in [0.2, 0.25) is 0 Å². The Morgan fingerprint density at radius 1 is 0.868 bits per heavy atom. The minimum absolute atomic E-state index is 0.172. The van der Waals surface area contributed by atoms with Crippen molar-refractivity contribution in [2.24, 2.45) is 0 Å². The number of carbonyl (C=O) groups is 1. The molecule has 1 aromatic heterocycles. The molecule has 0 amide bonds. The molecule has 0 aliphatic carbocycles. The molecule has 3 aromatic rings. The lowest BCUT2D eigenvalue weighted by molar-refractivity contribution is 0.103. The van der Waals surface area contributed by atoms with E-state index in [2.05, 4.69) is 25.7 Å². The van der Waals surface area contributed by atoms with Crippen molar-refractivity contribution in [2.75, 3.05) is 32.5 Å². The van der Waals surface area contributed by atoms with E-state index in [1.165, 1.54) is 38.0 Å². The molecule has 3 rings (SSSR count). The summed E-state index contributed by atoms with van der Waals surface area (Å²) in [6.07, 6.45) is 9.44. The second kappa shape index (κ2) is 14.5. The quantitative estimate of drug-likeness (QED) is 0.134. The Kier molecular flexibility index (Phi) is 11.4. The Labute approximate surface area is 228 Å². The van der Waals surface area contributed by atoms with Gasteiger partial charge in [-0.05, 0) is 81.2 Å². The average molecular weight is 542 g/mol. The van der Waals surface area contributed by atoms with Gasteiger partial charge in [0.25, 0.3) is 0 Å². The summed E-state index contributed by atoms with van der Waals surface area (Å²) in [5, 5.41) is 0.542. The molecular formula is C31H43NO5S. The number of fused-ring (bicyclic) bond motifs is 1.